The number of carboxylic acids is 2. The Balaban J connectivity index is 0.000000310. The largest absolute Gasteiger partial charge is 0.478 e. The van der Waals surface area contributed by atoms with Gasteiger partial charge in [-0.05, 0) is 106 Å². The number of rotatable bonds is 6. The molecule has 2 N–H and O–H groups in total. The van der Waals surface area contributed by atoms with Crippen molar-refractivity contribution in [2.75, 3.05) is 14.2 Å². The fourth-order valence-electron chi connectivity index (χ4n) is 4.10. The van der Waals surface area contributed by atoms with Crippen LogP contribution >= 0.6 is 0 Å². The van der Waals surface area contributed by atoms with Crippen LogP contribution in [-0.4, -0.2) is 48.3 Å². The summed E-state index contributed by atoms with van der Waals surface area (Å²) in [6, 6.07) is 19.8. The molecule has 1 atom stereocenters. The van der Waals surface area contributed by atoms with Gasteiger partial charge in [0.15, 0.2) is 0 Å². The molecule has 0 aliphatic heterocycles. The zero-order valence-corrected chi connectivity index (χ0v) is 27.8. The van der Waals surface area contributed by atoms with Crippen LogP contribution in [0.2, 0.25) is 0 Å². The van der Waals surface area contributed by atoms with Gasteiger partial charge in [-0.15, -0.1) is 0 Å². The summed E-state index contributed by atoms with van der Waals surface area (Å²) >= 11 is 0. The molecule has 0 spiro atoms. The van der Waals surface area contributed by atoms with E-state index in [0.29, 0.717) is 17.0 Å². The number of esters is 2. The van der Waals surface area contributed by atoms with Gasteiger partial charge in [0.05, 0.1) is 36.5 Å². The van der Waals surface area contributed by atoms with Gasteiger partial charge in [0, 0.05) is 0 Å². The predicted octanol–water partition coefficient (Wildman–Crippen LogP) is 8.77. The van der Waals surface area contributed by atoms with E-state index in [9.17, 15) is 19.2 Å². The summed E-state index contributed by atoms with van der Waals surface area (Å²) in [6.07, 6.45) is 6.17. The fraction of sp³-hybridized carbons (Fsp3) is 0.316. The van der Waals surface area contributed by atoms with E-state index in [2.05, 4.69) is 81.0 Å². The van der Waals surface area contributed by atoms with E-state index in [0.717, 1.165) is 5.92 Å². The van der Waals surface area contributed by atoms with E-state index < -0.39 is 23.9 Å². The summed E-state index contributed by atoms with van der Waals surface area (Å²) in [5, 5.41) is 16.9. The zero-order chi connectivity index (χ0) is 34.8. The molecule has 1 unspecified atom stereocenters. The number of carboxylic acid groups (broad SMARTS) is 2. The first kappa shape index (κ1) is 39.0. The summed E-state index contributed by atoms with van der Waals surface area (Å²) in [5.74, 6) is -1.56. The molecule has 0 saturated heterocycles. The summed E-state index contributed by atoms with van der Waals surface area (Å²) < 4.78 is 9.02. The van der Waals surface area contributed by atoms with Crippen LogP contribution in [0.15, 0.2) is 96.6 Å². The van der Waals surface area contributed by atoms with E-state index in [-0.39, 0.29) is 11.1 Å². The predicted molar refractivity (Wildman–Crippen MR) is 181 cm³/mol. The van der Waals surface area contributed by atoms with Crippen LogP contribution < -0.4 is 0 Å². The number of hydrogen-bond donors (Lipinski definition) is 2. The Morgan fingerprint density at radius 3 is 1.39 bits per heavy atom. The van der Waals surface area contributed by atoms with Crippen molar-refractivity contribution < 1.29 is 38.9 Å². The molecule has 3 aromatic carbocycles. The highest BCUT2D eigenvalue weighted by Gasteiger charge is 2.12. The Kier molecular flexibility index (Phi) is 17.1. The Morgan fingerprint density at radius 2 is 1.11 bits per heavy atom. The molecule has 4 rings (SSSR count). The lowest BCUT2D eigenvalue weighted by Crippen LogP contribution is -2.04. The summed E-state index contributed by atoms with van der Waals surface area (Å²) in [7, 11) is 2.60. The number of benzene rings is 3. The van der Waals surface area contributed by atoms with E-state index in [1.807, 2.05) is 0 Å². The number of aryl methyl sites for hydroxylation is 1. The number of carbonyl (C=O) groups is 4. The number of aromatic carboxylic acids is 2. The number of methoxy groups -OCH3 is 2. The number of ether oxygens (including phenoxy) is 2. The van der Waals surface area contributed by atoms with Gasteiger partial charge in [0.2, 0.25) is 0 Å². The smallest absolute Gasteiger partial charge is 0.337 e. The quantitative estimate of drug-likeness (QED) is 0.204. The molecular weight excluding hydrogens is 584 g/mol. The number of carbonyl (C=O) groups excluding carboxylic acids is 2. The molecule has 1 aliphatic rings. The summed E-state index contributed by atoms with van der Waals surface area (Å²) in [5.41, 5.74) is 6.64. The van der Waals surface area contributed by atoms with Gasteiger partial charge in [-0.25, -0.2) is 19.2 Å². The van der Waals surface area contributed by atoms with Gasteiger partial charge >= 0.3 is 23.9 Å². The minimum absolute atomic E-state index is 0.0833. The van der Waals surface area contributed by atoms with Crippen molar-refractivity contribution in [2.45, 2.75) is 59.8 Å². The van der Waals surface area contributed by atoms with Crippen LogP contribution in [-0.2, 0) is 9.47 Å². The topological polar surface area (TPSA) is 127 Å². The molecule has 0 radical (unpaired) electrons. The van der Waals surface area contributed by atoms with Crippen LogP contribution in [0.25, 0.3) is 0 Å². The molecule has 0 fully saturated rings. The molecule has 0 bridgehead atoms. The second kappa shape index (κ2) is 20.1. The molecule has 46 heavy (non-hydrogen) atoms. The normalized spacial score (nSPS) is 13.1. The van der Waals surface area contributed by atoms with Gasteiger partial charge in [0.1, 0.15) is 0 Å². The third kappa shape index (κ3) is 14.2. The highest BCUT2D eigenvalue weighted by molar-refractivity contribution is 5.93. The van der Waals surface area contributed by atoms with Crippen LogP contribution in [0, 0.1) is 12.8 Å². The second-order valence-electron chi connectivity index (χ2n) is 11.2. The minimum Gasteiger partial charge on any atom is -0.478 e. The SMILES string of the molecule is C=C(C)C1CC=C(C)CC1.COC(=O)c1ccc(C(=O)OC)cc1.Cc1ccc(C(C)C)cc1.O=C(O)c1ccc(C(=O)O)cc1. The molecule has 0 amide bonds. The van der Waals surface area contributed by atoms with Crippen LogP contribution in [0.4, 0.5) is 0 Å². The Morgan fingerprint density at radius 1 is 0.717 bits per heavy atom. The lowest BCUT2D eigenvalue weighted by Gasteiger charge is -2.19. The molecule has 8 nitrogen and oxygen atoms in total. The van der Waals surface area contributed by atoms with Crippen LogP contribution in [0.5, 0.6) is 0 Å². The highest BCUT2D eigenvalue weighted by Crippen LogP contribution is 2.27. The molecule has 0 saturated carbocycles. The standard InChI is InChI=1S/C10H10O4.C10H16.C10H14.C8H6O4/c1-13-9(11)7-3-5-8(6-4-7)10(12)14-2;2*1-8(2)10-6-4-9(3)5-7-10;9-7(10)5-1-2-6(4-3-5)8(11)12/h3-6H,1-2H3;4,10H,1,5-7H2,2-3H3;4-8H,1-3H3;1-4H,(H,9,10)(H,11,12). The molecule has 0 heterocycles. The highest BCUT2D eigenvalue weighted by atomic mass is 16.5. The maximum atomic E-state index is 11.0. The van der Waals surface area contributed by atoms with Crippen molar-refractivity contribution in [3.63, 3.8) is 0 Å². The van der Waals surface area contributed by atoms with Crippen molar-refractivity contribution in [2.24, 2.45) is 5.92 Å². The molecule has 8 heteroatoms. The van der Waals surface area contributed by atoms with E-state index in [4.69, 9.17) is 10.2 Å². The van der Waals surface area contributed by atoms with Crippen molar-refractivity contribution in [3.8, 4) is 0 Å². The van der Waals surface area contributed by atoms with Crippen LogP contribution in [0.1, 0.15) is 105 Å². The first-order valence-electron chi connectivity index (χ1n) is 14.9. The Labute approximate surface area is 272 Å². The van der Waals surface area contributed by atoms with Crippen molar-refractivity contribution in [3.05, 3.63) is 130 Å². The van der Waals surface area contributed by atoms with Gasteiger partial charge in [0.25, 0.3) is 0 Å². The third-order valence-electron chi connectivity index (χ3n) is 7.18. The van der Waals surface area contributed by atoms with E-state index in [1.54, 1.807) is 5.57 Å². The van der Waals surface area contributed by atoms with Crippen LogP contribution in [0.3, 0.4) is 0 Å². The van der Waals surface area contributed by atoms with E-state index in [1.165, 1.54) is 98.7 Å². The maximum absolute atomic E-state index is 11.0. The van der Waals surface area contributed by atoms with Gasteiger partial charge in [-0.2, -0.15) is 0 Å². The van der Waals surface area contributed by atoms with Gasteiger partial charge in [-0.3, -0.25) is 0 Å². The Hall–Kier alpha value is -4.98. The van der Waals surface area contributed by atoms with Crippen molar-refractivity contribution in [1.29, 1.82) is 0 Å². The number of hydrogen-bond acceptors (Lipinski definition) is 6. The summed E-state index contributed by atoms with van der Waals surface area (Å²) in [6.45, 7) is 14.9. The van der Waals surface area contributed by atoms with Crippen molar-refractivity contribution in [1.82, 2.24) is 0 Å². The second-order valence-corrected chi connectivity index (χ2v) is 11.2. The molecule has 0 aromatic heterocycles. The van der Waals surface area contributed by atoms with Crippen molar-refractivity contribution >= 4 is 23.9 Å². The number of allylic oxidation sites excluding steroid dienone is 3. The monoisotopic (exact) mass is 630 g/mol. The van der Waals surface area contributed by atoms with Gasteiger partial charge < -0.3 is 19.7 Å². The third-order valence-corrected chi connectivity index (χ3v) is 7.18. The first-order chi connectivity index (χ1) is 21.7. The molecule has 3 aromatic rings. The lowest BCUT2D eigenvalue weighted by atomic mass is 9.86. The Bertz CT molecular complexity index is 1400. The average molecular weight is 631 g/mol. The minimum atomic E-state index is -1.06. The maximum Gasteiger partial charge on any atom is 0.337 e. The van der Waals surface area contributed by atoms with E-state index >= 15 is 0 Å². The molecule has 246 valence electrons. The molecular formula is C38H46O8. The summed E-state index contributed by atoms with van der Waals surface area (Å²) in [4.78, 5) is 42.7. The first-order valence-corrected chi connectivity index (χ1v) is 14.9. The fourth-order valence-corrected chi connectivity index (χ4v) is 4.10. The van der Waals surface area contributed by atoms with Gasteiger partial charge in [-0.1, -0.05) is 67.5 Å². The lowest BCUT2D eigenvalue weighted by molar-refractivity contribution is 0.0586. The molecule has 1 aliphatic carbocycles. The average Bonchev–Trinajstić information content (AvgIpc) is 3.05. The zero-order valence-electron chi connectivity index (χ0n) is 27.8.